The predicted octanol–water partition coefficient (Wildman–Crippen LogP) is 5.21. The highest BCUT2D eigenvalue weighted by Gasteiger charge is 2.28. The Balaban J connectivity index is 1.93. The molecule has 0 unspecified atom stereocenters. The molecule has 2 aromatic rings. The van der Waals surface area contributed by atoms with Gasteiger partial charge in [-0.1, -0.05) is 12.1 Å². The zero-order valence-corrected chi connectivity index (χ0v) is 14.0. The number of fused-ring (bicyclic) bond motifs is 1. The lowest BCUT2D eigenvalue weighted by Crippen LogP contribution is -2.42. The van der Waals surface area contributed by atoms with E-state index >= 15 is 0 Å². The first-order valence-corrected chi connectivity index (χ1v) is 7.74. The van der Waals surface area contributed by atoms with Gasteiger partial charge in [0.25, 0.3) is 0 Å². The van der Waals surface area contributed by atoms with Crippen molar-refractivity contribution in [3.8, 4) is 0 Å². The number of aliphatic imine (C=N–C) groups is 1. The van der Waals surface area contributed by atoms with Crippen molar-refractivity contribution < 1.29 is 4.39 Å². The summed E-state index contributed by atoms with van der Waals surface area (Å²) in [5.74, 6) is -0.246. The Bertz CT molecular complexity index is 786. The smallest absolute Gasteiger partial charge is 0.123 e. The lowest BCUT2D eigenvalue weighted by atomic mass is 9.89. The van der Waals surface area contributed by atoms with Gasteiger partial charge in [0.1, 0.15) is 5.82 Å². The number of allylic oxidation sites excluding steroid dienone is 1. The van der Waals surface area contributed by atoms with Crippen LogP contribution in [-0.4, -0.2) is 18.8 Å². The maximum Gasteiger partial charge on any atom is 0.123 e. The van der Waals surface area contributed by atoms with Gasteiger partial charge in [-0.15, -0.1) is 0 Å². The van der Waals surface area contributed by atoms with Gasteiger partial charge in [-0.25, -0.2) is 4.39 Å². The zero-order valence-electron chi connectivity index (χ0n) is 14.0. The molecule has 0 fully saturated rings. The van der Waals surface area contributed by atoms with Crippen molar-refractivity contribution in [2.24, 2.45) is 4.99 Å². The van der Waals surface area contributed by atoms with Crippen LogP contribution in [0.4, 0.5) is 15.8 Å². The van der Waals surface area contributed by atoms with Crippen molar-refractivity contribution in [1.82, 2.24) is 0 Å². The summed E-state index contributed by atoms with van der Waals surface area (Å²) in [7, 11) is 2.12. The summed E-state index contributed by atoms with van der Waals surface area (Å²) >= 11 is 0. The molecule has 0 radical (unpaired) electrons. The highest BCUT2D eigenvalue weighted by Crippen LogP contribution is 2.37. The summed E-state index contributed by atoms with van der Waals surface area (Å²) in [6.07, 6.45) is 4.11. The van der Waals surface area contributed by atoms with E-state index in [-0.39, 0.29) is 11.4 Å². The third-order valence-electron chi connectivity index (χ3n) is 4.43. The minimum Gasteiger partial charge on any atom is -0.366 e. The number of nitrogens with zero attached hydrogens (tertiary/aromatic N) is 2. The van der Waals surface area contributed by atoms with Gasteiger partial charge < -0.3 is 4.90 Å². The molecule has 0 amide bonds. The summed E-state index contributed by atoms with van der Waals surface area (Å²) in [4.78, 5) is 6.70. The number of anilines is 1. The SMILES string of the molecule is CC1=CC(C)(C)N(C)c2ccc(C=Nc3ccc(F)cc3)cc21. The van der Waals surface area contributed by atoms with Crippen LogP contribution in [0.1, 0.15) is 31.9 Å². The topological polar surface area (TPSA) is 15.6 Å². The zero-order chi connectivity index (χ0) is 16.6. The highest BCUT2D eigenvalue weighted by atomic mass is 19.1. The molecule has 0 saturated carbocycles. The molecule has 0 aliphatic carbocycles. The minimum absolute atomic E-state index is 0.0147. The number of likely N-dealkylation sites (N-methyl/N-ethyl adjacent to an activating group) is 1. The second kappa shape index (κ2) is 5.65. The maximum atomic E-state index is 12.9. The molecule has 1 aliphatic rings. The average molecular weight is 308 g/mol. The van der Waals surface area contributed by atoms with Crippen LogP contribution >= 0.6 is 0 Å². The fourth-order valence-electron chi connectivity index (χ4n) is 2.93. The average Bonchev–Trinajstić information content (AvgIpc) is 2.52. The fourth-order valence-corrected chi connectivity index (χ4v) is 2.93. The molecule has 1 aliphatic heterocycles. The quantitative estimate of drug-likeness (QED) is 0.696. The van der Waals surface area contributed by atoms with E-state index < -0.39 is 0 Å². The molecular formula is C20H21FN2. The molecule has 0 spiro atoms. The Kier molecular flexibility index (Phi) is 3.80. The van der Waals surface area contributed by atoms with Gasteiger partial charge in [0.2, 0.25) is 0 Å². The first-order chi connectivity index (χ1) is 10.9. The van der Waals surface area contributed by atoms with Crippen LogP contribution in [0.3, 0.4) is 0 Å². The lowest BCUT2D eigenvalue weighted by molar-refractivity contribution is 0.598. The van der Waals surface area contributed by atoms with Crippen LogP contribution in [0.25, 0.3) is 5.57 Å². The van der Waals surface area contributed by atoms with Crippen molar-refractivity contribution in [3.63, 3.8) is 0 Å². The van der Waals surface area contributed by atoms with Gasteiger partial charge in [0.05, 0.1) is 11.2 Å². The van der Waals surface area contributed by atoms with E-state index in [2.05, 4.69) is 62.0 Å². The lowest BCUT2D eigenvalue weighted by Gasteiger charge is -2.40. The van der Waals surface area contributed by atoms with Crippen molar-refractivity contribution >= 4 is 23.2 Å². The van der Waals surface area contributed by atoms with E-state index in [1.54, 1.807) is 12.1 Å². The molecule has 0 saturated heterocycles. The molecule has 23 heavy (non-hydrogen) atoms. The van der Waals surface area contributed by atoms with Crippen molar-refractivity contribution in [2.45, 2.75) is 26.3 Å². The van der Waals surface area contributed by atoms with Gasteiger partial charge in [-0.2, -0.15) is 0 Å². The Morgan fingerprint density at radius 2 is 1.78 bits per heavy atom. The van der Waals surface area contributed by atoms with Crippen LogP contribution in [0, 0.1) is 5.82 Å². The van der Waals surface area contributed by atoms with Gasteiger partial charge in [-0.3, -0.25) is 4.99 Å². The first kappa shape index (κ1) is 15.5. The normalized spacial score (nSPS) is 16.4. The molecular weight excluding hydrogens is 287 g/mol. The molecule has 118 valence electrons. The van der Waals surface area contributed by atoms with Crippen LogP contribution in [0.15, 0.2) is 53.5 Å². The van der Waals surface area contributed by atoms with Crippen LogP contribution in [0.2, 0.25) is 0 Å². The van der Waals surface area contributed by atoms with Crippen LogP contribution < -0.4 is 4.90 Å². The third kappa shape index (κ3) is 3.04. The first-order valence-electron chi connectivity index (χ1n) is 7.74. The van der Waals surface area contributed by atoms with Gasteiger partial charge in [0.15, 0.2) is 0 Å². The Labute approximate surface area is 137 Å². The molecule has 0 atom stereocenters. The van der Waals surface area contributed by atoms with Gasteiger partial charge in [0, 0.05) is 24.5 Å². The summed E-state index contributed by atoms with van der Waals surface area (Å²) in [6.45, 7) is 6.57. The summed E-state index contributed by atoms with van der Waals surface area (Å²) < 4.78 is 12.9. The van der Waals surface area contributed by atoms with Crippen molar-refractivity contribution in [1.29, 1.82) is 0 Å². The molecule has 3 rings (SSSR count). The van der Waals surface area contributed by atoms with E-state index in [4.69, 9.17) is 0 Å². The van der Waals surface area contributed by atoms with Gasteiger partial charge in [-0.05, 0) is 68.3 Å². The van der Waals surface area contributed by atoms with E-state index in [0.717, 1.165) is 11.3 Å². The fraction of sp³-hybridized carbons (Fsp3) is 0.250. The Morgan fingerprint density at radius 3 is 2.48 bits per heavy atom. The largest absolute Gasteiger partial charge is 0.366 e. The summed E-state index contributed by atoms with van der Waals surface area (Å²) in [5.41, 5.74) is 5.54. The Hall–Kier alpha value is -2.42. The van der Waals surface area contributed by atoms with Gasteiger partial charge >= 0.3 is 0 Å². The number of rotatable bonds is 2. The number of benzene rings is 2. The molecule has 2 nitrogen and oxygen atoms in total. The molecule has 0 bridgehead atoms. The van der Waals surface area contributed by atoms with Crippen molar-refractivity contribution in [2.75, 3.05) is 11.9 Å². The third-order valence-corrected chi connectivity index (χ3v) is 4.43. The predicted molar refractivity (Wildman–Crippen MR) is 96.2 cm³/mol. The number of hydrogen-bond donors (Lipinski definition) is 0. The molecule has 3 heteroatoms. The molecule has 0 aromatic heterocycles. The van der Waals surface area contributed by atoms with Crippen molar-refractivity contribution in [3.05, 3.63) is 65.5 Å². The number of halogens is 1. The highest BCUT2D eigenvalue weighted by molar-refractivity contribution is 5.88. The van der Waals surface area contributed by atoms with E-state index in [0.29, 0.717) is 0 Å². The summed E-state index contributed by atoms with van der Waals surface area (Å²) in [5, 5.41) is 0. The molecule has 2 aromatic carbocycles. The molecule has 1 heterocycles. The standard InChI is InChI=1S/C20H21FN2/c1-14-12-20(2,3)23(4)19-10-5-15(11-18(14)19)13-22-17-8-6-16(21)7-9-17/h5-13H,1-4H3. The summed E-state index contributed by atoms with van der Waals surface area (Å²) in [6, 6.07) is 12.5. The van der Waals surface area contributed by atoms with Crippen LogP contribution in [0.5, 0.6) is 0 Å². The minimum atomic E-state index is -0.246. The van der Waals surface area contributed by atoms with E-state index in [9.17, 15) is 4.39 Å². The Morgan fingerprint density at radius 1 is 1.09 bits per heavy atom. The maximum absolute atomic E-state index is 12.9. The monoisotopic (exact) mass is 308 g/mol. The molecule has 0 N–H and O–H groups in total. The second-order valence-corrected chi connectivity index (χ2v) is 6.55. The van der Waals surface area contributed by atoms with E-state index in [1.165, 1.54) is 29.0 Å². The second-order valence-electron chi connectivity index (χ2n) is 6.55. The van der Waals surface area contributed by atoms with Crippen LogP contribution in [-0.2, 0) is 0 Å². The van der Waals surface area contributed by atoms with E-state index in [1.807, 2.05) is 6.21 Å². The number of hydrogen-bond acceptors (Lipinski definition) is 2.